The van der Waals surface area contributed by atoms with Crippen molar-refractivity contribution < 1.29 is 75.8 Å². The lowest BCUT2D eigenvalue weighted by atomic mass is 10.0. The normalized spacial score (nSPS) is 14.8. The Bertz CT molecular complexity index is 2540. The Balaban J connectivity index is 4.49. The molecule has 0 saturated carbocycles. The van der Waals surface area contributed by atoms with Crippen LogP contribution in [0.1, 0.15) is 316 Å². The highest BCUT2D eigenvalue weighted by atomic mass is 31.2. The van der Waals surface area contributed by atoms with Gasteiger partial charge in [-0.05, 0) is 148 Å². The number of allylic oxidation sites excluding steroid dienone is 26. The van der Waals surface area contributed by atoms with Gasteiger partial charge in [-0.25, -0.2) is 9.13 Å². The number of phosphoric acid groups is 2. The molecule has 0 aromatic carbocycles. The van der Waals surface area contributed by atoms with Crippen molar-refractivity contribution in [3.63, 3.8) is 0 Å². The maximum atomic E-state index is 13.0. The minimum atomic E-state index is -4.94. The van der Waals surface area contributed by atoms with Gasteiger partial charge in [-0.3, -0.25) is 32.5 Å². The molecule has 4 N–H and O–H groups in total. The van der Waals surface area contributed by atoms with E-state index in [9.17, 15) is 43.5 Å². The van der Waals surface area contributed by atoms with Crippen LogP contribution in [0.25, 0.3) is 0 Å². The highest BCUT2D eigenvalue weighted by Crippen LogP contribution is 2.45. The number of ether oxygens (including phenoxy) is 3. The van der Waals surface area contributed by atoms with Crippen LogP contribution in [0.3, 0.4) is 0 Å². The van der Waals surface area contributed by atoms with Crippen molar-refractivity contribution >= 4 is 33.6 Å². The zero-order chi connectivity index (χ0) is 76.6. The second-order valence-corrected chi connectivity index (χ2v) is 29.7. The molecule has 0 aliphatic heterocycles. The summed E-state index contributed by atoms with van der Waals surface area (Å²) < 4.78 is 61.1. The zero-order valence-corrected chi connectivity index (χ0v) is 67.4. The minimum absolute atomic E-state index is 0.0768. The van der Waals surface area contributed by atoms with E-state index in [1.807, 2.05) is 0 Å². The molecule has 600 valence electrons. The second-order valence-electron chi connectivity index (χ2n) is 26.8. The van der Waals surface area contributed by atoms with E-state index in [1.54, 1.807) is 0 Å². The predicted octanol–water partition coefficient (Wildman–Crippen LogP) is 24.2. The Morgan fingerprint density at radius 3 is 0.800 bits per heavy atom. The molecule has 18 heteroatoms. The first-order valence-electron chi connectivity index (χ1n) is 40.8. The summed E-state index contributed by atoms with van der Waals surface area (Å²) in [5.41, 5.74) is 0. The summed E-state index contributed by atoms with van der Waals surface area (Å²) in [5, 5.41) is 20.7. The van der Waals surface area contributed by atoms with Crippen molar-refractivity contribution in [2.75, 3.05) is 39.6 Å². The summed E-state index contributed by atoms with van der Waals surface area (Å²) in [6.07, 6.45) is 98.7. The van der Waals surface area contributed by atoms with Crippen molar-refractivity contribution in [2.24, 2.45) is 0 Å². The lowest BCUT2D eigenvalue weighted by Crippen LogP contribution is -2.30. The number of esters is 3. The molecule has 0 heterocycles. The van der Waals surface area contributed by atoms with Crippen molar-refractivity contribution in [1.29, 1.82) is 0 Å². The molecule has 0 aromatic heterocycles. The molecule has 0 spiro atoms. The fourth-order valence-corrected chi connectivity index (χ4v) is 12.2. The Labute approximate surface area is 638 Å². The van der Waals surface area contributed by atoms with Gasteiger partial charge in [0.05, 0.1) is 26.4 Å². The van der Waals surface area contributed by atoms with Crippen molar-refractivity contribution in [3.8, 4) is 0 Å². The fraction of sp³-hybridized carbons (Fsp3) is 0.667. The molecule has 0 aliphatic rings. The SMILES string of the molecule is CC/C=C\C/C=C\C/C=C\C/C=C\C/C=C\C/C=C\CCCCCCCCCCCCCCCCC(=O)OCC(O)COP(=O)(O)OCC(O)COP(=O)(O)OCC(COC(=O)CCCCCCC/C=C\C/C=C\C/C=C\C/C=C\CCCCC)OC(=O)CCCCCCC/C=C\C/C=C\C/C=C\CC. The van der Waals surface area contributed by atoms with Gasteiger partial charge < -0.3 is 34.2 Å². The summed E-state index contributed by atoms with van der Waals surface area (Å²) in [6, 6.07) is 0. The molecular weight excluding hydrogens is 1360 g/mol. The topological polar surface area (TPSA) is 231 Å². The van der Waals surface area contributed by atoms with Crippen LogP contribution >= 0.6 is 15.6 Å². The Morgan fingerprint density at radius 2 is 0.505 bits per heavy atom. The molecule has 0 rings (SSSR count). The predicted molar refractivity (Wildman–Crippen MR) is 435 cm³/mol. The summed E-state index contributed by atoms with van der Waals surface area (Å²) in [5.74, 6) is -1.62. The standard InChI is InChI=1S/C87H146O16P2/c1-4-7-10-13-16-19-22-25-28-30-32-34-35-36-37-38-39-40-41-42-43-44-45-47-49-50-53-55-58-61-64-67-70-73-85(90)97-76-82(88)77-99-104(93,94)100-78-83(89)79-101-105(95,96)102-81-84(103-87(92)75-72-69-66-63-60-57-52-27-24-21-18-15-12-9-6-3)80-98-86(91)74-71-68-65-62-59-56-54-51-48-46-33-31-29-26-23-20-17-14-11-8-5-2/h7,9-10,12,16-21,25-29,32-34,36-37,39-40,46,51-52,54,82-84,88-89H,4-6,8,11,13-15,22-24,30-31,35,38,41-45,47-50,53,55-81H2,1-3H3,(H,93,94)(H,95,96)/b10-7-,12-9-,19-16-,20-17-,21-18-,28-25-,29-26-,34-32-,37-36-,40-39-,46-33-,52-27-,54-51-. The minimum Gasteiger partial charge on any atom is -0.463 e. The van der Waals surface area contributed by atoms with Crippen LogP contribution in [0.4, 0.5) is 0 Å². The van der Waals surface area contributed by atoms with Crippen LogP contribution in [-0.4, -0.2) is 95.9 Å². The van der Waals surface area contributed by atoms with Crippen molar-refractivity contribution in [1.82, 2.24) is 0 Å². The number of carbonyl (C=O) groups is 3. The highest BCUT2D eigenvalue weighted by molar-refractivity contribution is 7.47. The van der Waals surface area contributed by atoms with E-state index in [4.69, 9.17) is 32.3 Å². The molecule has 0 radical (unpaired) electrons. The largest absolute Gasteiger partial charge is 0.472 e. The number of phosphoric ester groups is 2. The number of carbonyl (C=O) groups excluding carboxylic acids is 3. The van der Waals surface area contributed by atoms with Gasteiger partial charge in [-0.15, -0.1) is 0 Å². The first-order chi connectivity index (χ1) is 51.2. The first-order valence-corrected chi connectivity index (χ1v) is 43.8. The number of hydrogen-bond donors (Lipinski definition) is 4. The molecular formula is C87H146O16P2. The summed E-state index contributed by atoms with van der Waals surface area (Å²) in [6.45, 7) is 2.39. The van der Waals surface area contributed by atoms with E-state index in [2.05, 4.69) is 179 Å². The quantitative estimate of drug-likeness (QED) is 0.0146. The maximum absolute atomic E-state index is 13.0. The third-order valence-electron chi connectivity index (χ3n) is 16.7. The third kappa shape index (κ3) is 80.0. The molecule has 16 nitrogen and oxygen atoms in total. The van der Waals surface area contributed by atoms with Crippen LogP contribution in [-0.2, 0) is 55.8 Å². The van der Waals surface area contributed by atoms with Crippen LogP contribution in [0.15, 0.2) is 158 Å². The molecule has 105 heavy (non-hydrogen) atoms. The third-order valence-corrected chi connectivity index (χ3v) is 18.6. The van der Waals surface area contributed by atoms with Crippen molar-refractivity contribution in [2.45, 2.75) is 334 Å². The molecule has 0 aliphatic carbocycles. The van der Waals surface area contributed by atoms with E-state index in [0.717, 1.165) is 167 Å². The monoisotopic (exact) mass is 1510 g/mol. The van der Waals surface area contributed by atoms with E-state index in [1.165, 1.54) is 89.9 Å². The molecule has 0 saturated heterocycles. The molecule has 5 atom stereocenters. The van der Waals surface area contributed by atoms with E-state index in [-0.39, 0.29) is 19.3 Å². The van der Waals surface area contributed by atoms with Crippen molar-refractivity contribution in [3.05, 3.63) is 158 Å². The molecule has 5 unspecified atom stereocenters. The molecule has 0 fully saturated rings. The fourth-order valence-electron chi connectivity index (χ4n) is 10.6. The van der Waals surface area contributed by atoms with Crippen LogP contribution in [0, 0.1) is 0 Å². The lowest BCUT2D eigenvalue weighted by molar-refractivity contribution is -0.161. The van der Waals surface area contributed by atoms with Gasteiger partial charge in [0.15, 0.2) is 6.10 Å². The number of aliphatic hydroxyl groups is 2. The zero-order valence-electron chi connectivity index (χ0n) is 65.6. The van der Waals surface area contributed by atoms with Gasteiger partial charge in [-0.2, -0.15) is 0 Å². The van der Waals surface area contributed by atoms with E-state index in [0.29, 0.717) is 19.3 Å². The molecule has 0 aromatic rings. The Hall–Kier alpha value is -4.83. The summed E-state index contributed by atoms with van der Waals surface area (Å²) in [7, 11) is -9.81. The Morgan fingerprint density at radius 1 is 0.276 bits per heavy atom. The van der Waals surface area contributed by atoms with Gasteiger partial charge in [0.25, 0.3) is 0 Å². The Kier molecular flexibility index (Phi) is 75.1. The second kappa shape index (κ2) is 78.7. The maximum Gasteiger partial charge on any atom is 0.472 e. The van der Waals surface area contributed by atoms with Crippen LogP contribution in [0.2, 0.25) is 0 Å². The first kappa shape index (κ1) is 100. The number of hydrogen-bond acceptors (Lipinski definition) is 14. The van der Waals surface area contributed by atoms with Gasteiger partial charge in [-0.1, -0.05) is 307 Å². The molecule has 0 amide bonds. The number of aliphatic hydroxyl groups excluding tert-OH is 2. The van der Waals surface area contributed by atoms with Crippen LogP contribution in [0.5, 0.6) is 0 Å². The van der Waals surface area contributed by atoms with E-state index < -0.39 is 91.5 Å². The van der Waals surface area contributed by atoms with Gasteiger partial charge in [0.1, 0.15) is 25.4 Å². The number of unbranched alkanes of at least 4 members (excludes halogenated alkanes) is 27. The average Bonchev–Trinajstić information content (AvgIpc) is 0.940. The summed E-state index contributed by atoms with van der Waals surface area (Å²) in [4.78, 5) is 58.7. The van der Waals surface area contributed by atoms with Gasteiger partial charge in [0, 0.05) is 19.3 Å². The molecule has 0 bridgehead atoms. The van der Waals surface area contributed by atoms with Gasteiger partial charge in [0.2, 0.25) is 0 Å². The van der Waals surface area contributed by atoms with E-state index >= 15 is 0 Å². The summed E-state index contributed by atoms with van der Waals surface area (Å²) >= 11 is 0. The smallest absolute Gasteiger partial charge is 0.463 e. The lowest BCUT2D eigenvalue weighted by Gasteiger charge is -2.21. The van der Waals surface area contributed by atoms with Gasteiger partial charge >= 0.3 is 33.6 Å². The van der Waals surface area contributed by atoms with Crippen LogP contribution < -0.4 is 0 Å². The highest BCUT2D eigenvalue weighted by Gasteiger charge is 2.29. The average molecular weight is 1510 g/mol. The number of rotatable bonds is 76.